The Kier molecular flexibility index (Phi) is 5.07. The average Bonchev–Trinajstić information content (AvgIpc) is 3.09. The first-order valence-corrected chi connectivity index (χ1v) is 9.83. The highest BCUT2D eigenvalue weighted by molar-refractivity contribution is 5.81. The average molecular weight is 352 g/mol. The molecule has 1 saturated heterocycles. The lowest BCUT2D eigenvalue weighted by molar-refractivity contribution is -0.137. The first kappa shape index (κ1) is 17.3. The van der Waals surface area contributed by atoms with E-state index >= 15 is 0 Å². The number of rotatable bonds is 4. The molecule has 26 heavy (non-hydrogen) atoms. The van der Waals surface area contributed by atoms with Gasteiger partial charge in [0.05, 0.1) is 24.0 Å². The second-order valence-electron chi connectivity index (χ2n) is 7.54. The van der Waals surface area contributed by atoms with Gasteiger partial charge in [0.15, 0.2) is 0 Å². The predicted octanol–water partition coefficient (Wildman–Crippen LogP) is 2.69. The summed E-state index contributed by atoms with van der Waals surface area (Å²) in [6.07, 6.45) is 4.41. The standard InChI is InChI=1S/C21H28N4O/c1-17(21(26)23-10-6-3-7-11-23)24-12-13-25-20(16-24)15-19(22-25)14-18-8-4-2-5-9-18/h2,4-5,8-9,15,17H,3,6-7,10-14,16H2,1H3. The summed E-state index contributed by atoms with van der Waals surface area (Å²) in [6, 6.07) is 12.6. The molecule has 0 radical (unpaired) electrons. The Labute approximate surface area is 155 Å². The van der Waals surface area contributed by atoms with Crippen LogP contribution in [0, 0.1) is 0 Å². The maximum atomic E-state index is 12.8. The largest absolute Gasteiger partial charge is 0.341 e. The Hall–Kier alpha value is -2.14. The van der Waals surface area contributed by atoms with Crippen LogP contribution >= 0.6 is 0 Å². The quantitative estimate of drug-likeness (QED) is 0.850. The molecule has 138 valence electrons. The summed E-state index contributed by atoms with van der Waals surface area (Å²) < 4.78 is 2.12. The van der Waals surface area contributed by atoms with Crippen molar-refractivity contribution in [1.29, 1.82) is 0 Å². The number of nitrogens with zero attached hydrogens (tertiary/aromatic N) is 4. The molecule has 4 rings (SSSR count). The molecular formula is C21H28N4O. The molecule has 3 heterocycles. The van der Waals surface area contributed by atoms with E-state index in [-0.39, 0.29) is 6.04 Å². The monoisotopic (exact) mass is 352 g/mol. The molecule has 0 saturated carbocycles. The van der Waals surface area contributed by atoms with Gasteiger partial charge in [-0.05, 0) is 37.8 Å². The third-order valence-electron chi connectivity index (χ3n) is 5.68. The second kappa shape index (κ2) is 7.62. The number of carbonyl (C=O) groups is 1. The highest BCUT2D eigenvalue weighted by Crippen LogP contribution is 2.20. The number of likely N-dealkylation sites (tertiary alicyclic amines) is 1. The molecule has 0 N–H and O–H groups in total. The Bertz CT molecular complexity index is 749. The summed E-state index contributed by atoms with van der Waals surface area (Å²) >= 11 is 0. The first-order chi connectivity index (χ1) is 12.7. The first-order valence-electron chi connectivity index (χ1n) is 9.83. The van der Waals surface area contributed by atoms with E-state index in [1.54, 1.807) is 0 Å². The second-order valence-corrected chi connectivity index (χ2v) is 7.54. The van der Waals surface area contributed by atoms with Crippen LogP contribution in [0.4, 0.5) is 0 Å². The molecule has 1 atom stereocenters. The number of benzene rings is 1. The summed E-state index contributed by atoms with van der Waals surface area (Å²) in [7, 11) is 0. The highest BCUT2D eigenvalue weighted by atomic mass is 16.2. The third kappa shape index (κ3) is 3.68. The van der Waals surface area contributed by atoms with Crippen molar-refractivity contribution >= 4 is 5.91 Å². The zero-order chi connectivity index (χ0) is 17.9. The number of amides is 1. The lowest BCUT2D eigenvalue weighted by Crippen LogP contribution is -2.50. The molecule has 2 aromatic rings. The van der Waals surface area contributed by atoms with Crippen molar-refractivity contribution in [2.45, 2.75) is 51.7 Å². The Morgan fingerprint density at radius 3 is 2.62 bits per heavy atom. The lowest BCUT2D eigenvalue weighted by Gasteiger charge is -2.36. The molecule has 0 spiro atoms. The minimum Gasteiger partial charge on any atom is -0.341 e. The fraction of sp³-hybridized carbons (Fsp3) is 0.524. The van der Waals surface area contributed by atoms with E-state index in [4.69, 9.17) is 5.10 Å². The summed E-state index contributed by atoms with van der Waals surface area (Å²) in [6.45, 7) is 6.48. The van der Waals surface area contributed by atoms with Crippen LogP contribution in [-0.2, 0) is 24.3 Å². The van der Waals surface area contributed by atoms with Crippen LogP contribution in [0.15, 0.2) is 36.4 Å². The maximum absolute atomic E-state index is 12.8. The molecule has 2 aliphatic heterocycles. The van der Waals surface area contributed by atoms with Crippen molar-refractivity contribution in [3.63, 3.8) is 0 Å². The van der Waals surface area contributed by atoms with Crippen LogP contribution in [0.25, 0.3) is 0 Å². The predicted molar refractivity (Wildman–Crippen MR) is 102 cm³/mol. The zero-order valence-electron chi connectivity index (χ0n) is 15.6. The molecule has 5 heteroatoms. The van der Waals surface area contributed by atoms with Gasteiger partial charge in [0.1, 0.15) is 0 Å². The van der Waals surface area contributed by atoms with Gasteiger partial charge >= 0.3 is 0 Å². The molecule has 2 aliphatic rings. The maximum Gasteiger partial charge on any atom is 0.239 e. The van der Waals surface area contributed by atoms with Gasteiger partial charge in [-0.1, -0.05) is 30.3 Å². The fourth-order valence-electron chi connectivity index (χ4n) is 4.10. The molecule has 1 unspecified atom stereocenters. The van der Waals surface area contributed by atoms with Crippen LogP contribution in [0.3, 0.4) is 0 Å². The summed E-state index contributed by atoms with van der Waals surface area (Å²) in [5.41, 5.74) is 3.62. The molecule has 1 amide bonds. The smallest absolute Gasteiger partial charge is 0.239 e. The van der Waals surface area contributed by atoms with Crippen molar-refractivity contribution < 1.29 is 4.79 Å². The molecule has 0 aliphatic carbocycles. The van der Waals surface area contributed by atoms with E-state index < -0.39 is 0 Å². The Morgan fingerprint density at radius 2 is 1.85 bits per heavy atom. The van der Waals surface area contributed by atoms with Crippen LogP contribution in [0.5, 0.6) is 0 Å². The van der Waals surface area contributed by atoms with Crippen LogP contribution < -0.4 is 0 Å². The number of hydrogen-bond donors (Lipinski definition) is 0. The number of piperidine rings is 1. The van der Waals surface area contributed by atoms with Gasteiger partial charge in [-0.3, -0.25) is 14.4 Å². The lowest BCUT2D eigenvalue weighted by atomic mass is 10.1. The Morgan fingerprint density at radius 1 is 1.08 bits per heavy atom. The van der Waals surface area contributed by atoms with Crippen molar-refractivity contribution in [3.05, 3.63) is 53.3 Å². The van der Waals surface area contributed by atoms with Crippen molar-refractivity contribution in [2.75, 3.05) is 19.6 Å². The number of fused-ring (bicyclic) bond motifs is 1. The van der Waals surface area contributed by atoms with Crippen molar-refractivity contribution in [3.8, 4) is 0 Å². The molecule has 1 aromatic heterocycles. The number of hydrogen-bond acceptors (Lipinski definition) is 3. The highest BCUT2D eigenvalue weighted by Gasteiger charge is 2.29. The minimum atomic E-state index is -0.0469. The van der Waals surface area contributed by atoms with Gasteiger partial charge in [-0.15, -0.1) is 0 Å². The Balaban J connectivity index is 1.41. The zero-order valence-corrected chi connectivity index (χ0v) is 15.6. The van der Waals surface area contributed by atoms with E-state index in [2.05, 4.69) is 51.7 Å². The van der Waals surface area contributed by atoms with E-state index in [0.29, 0.717) is 5.91 Å². The van der Waals surface area contributed by atoms with Gasteiger partial charge in [0.2, 0.25) is 5.91 Å². The number of aromatic nitrogens is 2. The van der Waals surface area contributed by atoms with Gasteiger partial charge in [0, 0.05) is 32.6 Å². The third-order valence-corrected chi connectivity index (χ3v) is 5.68. The fourth-order valence-corrected chi connectivity index (χ4v) is 4.10. The summed E-state index contributed by atoms with van der Waals surface area (Å²) in [5, 5.41) is 4.77. The van der Waals surface area contributed by atoms with Gasteiger partial charge in [-0.2, -0.15) is 5.10 Å². The van der Waals surface area contributed by atoms with E-state index in [0.717, 1.165) is 57.7 Å². The number of carbonyl (C=O) groups excluding carboxylic acids is 1. The van der Waals surface area contributed by atoms with Crippen molar-refractivity contribution in [1.82, 2.24) is 19.6 Å². The summed E-state index contributed by atoms with van der Waals surface area (Å²) in [4.78, 5) is 17.2. The van der Waals surface area contributed by atoms with E-state index in [9.17, 15) is 4.79 Å². The molecule has 1 aromatic carbocycles. The van der Waals surface area contributed by atoms with Gasteiger partial charge < -0.3 is 4.90 Å². The van der Waals surface area contributed by atoms with Crippen LogP contribution in [0.1, 0.15) is 43.1 Å². The molecular weight excluding hydrogens is 324 g/mol. The molecule has 1 fully saturated rings. The van der Waals surface area contributed by atoms with Gasteiger partial charge in [0.25, 0.3) is 0 Å². The van der Waals surface area contributed by atoms with Crippen molar-refractivity contribution in [2.24, 2.45) is 0 Å². The van der Waals surface area contributed by atoms with Gasteiger partial charge in [-0.25, -0.2) is 0 Å². The van der Waals surface area contributed by atoms with E-state index in [1.165, 1.54) is 17.7 Å². The van der Waals surface area contributed by atoms with Crippen LogP contribution in [0.2, 0.25) is 0 Å². The topological polar surface area (TPSA) is 41.4 Å². The molecule has 0 bridgehead atoms. The van der Waals surface area contributed by atoms with Crippen LogP contribution in [-0.4, -0.2) is 51.2 Å². The SMILES string of the molecule is CC(C(=O)N1CCCCC1)N1CCn2nc(Cc3ccccc3)cc2C1. The normalized spacial score (nSPS) is 19.2. The van der Waals surface area contributed by atoms with E-state index in [1.807, 2.05) is 6.07 Å². The summed E-state index contributed by atoms with van der Waals surface area (Å²) in [5.74, 6) is 0.294. The minimum absolute atomic E-state index is 0.0469. The molecule has 5 nitrogen and oxygen atoms in total.